The van der Waals surface area contributed by atoms with Crippen LogP contribution in [0, 0.1) is 13.8 Å². The highest BCUT2D eigenvalue weighted by Crippen LogP contribution is 2.40. The van der Waals surface area contributed by atoms with Gasteiger partial charge in [-0.2, -0.15) is 0 Å². The van der Waals surface area contributed by atoms with Gasteiger partial charge in [-0.1, -0.05) is 30.3 Å². The number of carboxylic acid groups (broad SMARTS) is 1. The first-order valence-corrected chi connectivity index (χ1v) is 13.6. The van der Waals surface area contributed by atoms with Gasteiger partial charge in [-0.3, -0.25) is 9.59 Å². The van der Waals surface area contributed by atoms with Crippen LogP contribution in [-0.2, 0) is 21.5 Å². The van der Waals surface area contributed by atoms with Crippen LogP contribution in [0.25, 0.3) is 10.1 Å². The summed E-state index contributed by atoms with van der Waals surface area (Å²) in [5.74, 6) is 0.0779. The Balaban J connectivity index is 1.49. The monoisotopic (exact) mass is 529 g/mol. The number of amides is 1. The SMILES string of the molecule is Cc1cc(C)cc(Oc2ccc(CCC(=O)O)c(C(=O)NC3(c4cc5ccccc5s4)CCOCC3)c2)c1. The molecular weight excluding hydrogens is 498 g/mol. The predicted molar refractivity (Wildman–Crippen MR) is 149 cm³/mol. The number of carbonyl (C=O) groups is 2. The number of fused-ring (bicyclic) bond motifs is 1. The second kappa shape index (κ2) is 11.0. The van der Waals surface area contributed by atoms with E-state index in [2.05, 4.69) is 29.6 Å². The first kappa shape index (κ1) is 25.9. The van der Waals surface area contributed by atoms with E-state index in [-0.39, 0.29) is 18.7 Å². The lowest BCUT2D eigenvalue weighted by Gasteiger charge is -2.37. The molecule has 0 radical (unpaired) electrons. The Kier molecular flexibility index (Phi) is 7.49. The van der Waals surface area contributed by atoms with Crippen molar-refractivity contribution in [2.24, 2.45) is 0 Å². The summed E-state index contributed by atoms with van der Waals surface area (Å²) in [6.45, 7) is 5.12. The van der Waals surface area contributed by atoms with Crippen molar-refractivity contribution in [3.8, 4) is 11.5 Å². The van der Waals surface area contributed by atoms with Crippen LogP contribution in [0.3, 0.4) is 0 Å². The average molecular weight is 530 g/mol. The van der Waals surface area contributed by atoms with Crippen LogP contribution >= 0.6 is 11.3 Å². The minimum atomic E-state index is -0.905. The second-order valence-electron chi connectivity index (χ2n) is 9.94. The van der Waals surface area contributed by atoms with Crippen molar-refractivity contribution < 1.29 is 24.2 Å². The number of carbonyl (C=O) groups excluding carboxylic acids is 1. The summed E-state index contributed by atoms with van der Waals surface area (Å²) < 4.78 is 13.0. The maximum absolute atomic E-state index is 13.9. The van der Waals surface area contributed by atoms with E-state index < -0.39 is 11.5 Å². The van der Waals surface area contributed by atoms with Crippen LogP contribution in [-0.4, -0.2) is 30.2 Å². The molecule has 0 spiro atoms. The number of benzene rings is 3. The Hall–Kier alpha value is -3.68. The first-order valence-electron chi connectivity index (χ1n) is 12.8. The van der Waals surface area contributed by atoms with Gasteiger partial charge >= 0.3 is 5.97 Å². The van der Waals surface area contributed by atoms with Crippen LogP contribution in [0.5, 0.6) is 11.5 Å². The Morgan fingerprint density at radius 2 is 1.71 bits per heavy atom. The molecule has 2 N–H and O–H groups in total. The summed E-state index contributed by atoms with van der Waals surface area (Å²) in [6, 6.07) is 21.7. The van der Waals surface area contributed by atoms with Crippen molar-refractivity contribution in [3.63, 3.8) is 0 Å². The van der Waals surface area contributed by atoms with Crippen molar-refractivity contribution in [2.45, 2.75) is 45.1 Å². The quantitative estimate of drug-likeness (QED) is 0.263. The van der Waals surface area contributed by atoms with E-state index in [9.17, 15) is 14.7 Å². The van der Waals surface area contributed by atoms with Crippen molar-refractivity contribution in [1.82, 2.24) is 5.32 Å². The highest BCUT2D eigenvalue weighted by atomic mass is 32.1. The number of thiophene rings is 1. The molecule has 0 unspecified atom stereocenters. The second-order valence-corrected chi connectivity index (χ2v) is 11.0. The zero-order valence-corrected chi connectivity index (χ0v) is 22.4. The molecule has 3 aromatic carbocycles. The minimum absolute atomic E-state index is 0.0626. The van der Waals surface area contributed by atoms with Gasteiger partial charge in [-0.05, 0) is 91.6 Å². The number of aryl methyl sites for hydroxylation is 3. The molecule has 1 aliphatic rings. The summed E-state index contributed by atoms with van der Waals surface area (Å²) in [6.07, 6.45) is 1.51. The molecular formula is C31H31NO5S. The summed E-state index contributed by atoms with van der Waals surface area (Å²) in [5.41, 5.74) is 2.71. The summed E-state index contributed by atoms with van der Waals surface area (Å²) in [5, 5.41) is 13.8. The van der Waals surface area contributed by atoms with Gasteiger partial charge in [0, 0.05) is 34.8 Å². The molecule has 2 heterocycles. The maximum Gasteiger partial charge on any atom is 0.303 e. The molecule has 7 heteroatoms. The van der Waals surface area contributed by atoms with Crippen LogP contribution in [0.15, 0.2) is 66.7 Å². The molecule has 0 atom stereocenters. The molecule has 4 aromatic rings. The van der Waals surface area contributed by atoms with Crippen molar-refractivity contribution >= 4 is 33.3 Å². The van der Waals surface area contributed by atoms with Crippen LogP contribution < -0.4 is 10.1 Å². The summed E-state index contributed by atoms with van der Waals surface area (Å²) in [7, 11) is 0. The minimum Gasteiger partial charge on any atom is -0.481 e. The number of hydrogen-bond acceptors (Lipinski definition) is 5. The van der Waals surface area contributed by atoms with E-state index in [1.807, 2.05) is 38.1 Å². The zero-order valence-electron chi connectivity index (χ0n) is 21.6. The lowest BCUT2D eigenvalue weighted by Crippen LogP contribution is -2.49. The third-order valence-electron chi connectivity index (χ3n) is 6.96. The number of ether oxygens (including phenoxy) is 2. The Bertz CT molecular complexity index is 1430. The fourth-order valence-corrected chi connectivity index (χ4v) is 6.34. The van der Waals surface area contributed by atoms with E-state index in [4.69, 9.17) is 9.47 Å². The van der Waals surface area contributed by atoms with Crippen molar-refractivity contribution in [2.75, 3.05) is 13.2 Å². The fourth-order valence-electron chi connectivity index (χ4n) is 5.07. The van der Waals surface area contributed by atoms with Gasteiger partial charge in [0.1, 0.15) is 11.5 Å². The Morgan fingerprint density at radius 1 is 0.974 bits per heavy atom. The molecule has 196 valence electrons. The molecule has 1 aliphatic heterocycles. The van der Waals surface area contributed by atoms with Gasteiger partial charge in [0.2, 0.25) is 0 Å². The van der Waals surface area contributed by atoms with E-state index in [1.54, 1.807) is 29.5 Å². The van der Waals surface area contributed by atoms with E-state index in [1.165, 1.54) is 4.70 Å². The van der Waals surface area contributed by atoms with Gasteiger partial charge in [-0.25, -0.2) is 0 Å². The number of nitrogens with one attached hydrogen (secondary N) is 1. The molecule has 0 saturated carbocycles. The Labute approximate surface area is 226 Å². The number of hydrogen-bond donors (Lipinski definition) is 2. The molecule has 6 nitrogen and oxygen atoms in total. The van der Waals surface area contributed by atoms with Crippen molar-refractivity contribution in [3.05, 3.63) is 93.9 Å². The van der Waals surface area contributed by atoms with Crippen LogP contribution in [0.1, 0.15) is 51.2 Å². The van der Waals surface area contributed by atoms with Gasteiger partial charge < -0.3 is 19.9 Å². The third-order valence-corrected chi connectivity index (χ3v) is 8.28. The van der Waals surface area contributed by atoms with Crippen LogP contribution in [0.2, 0.25) is 0 Å². The third kappa shape index (κ3) is 5.74. The van der Waals surface area contributed by atoms with Gasteiger partial charge in [0.25, 0.3) is 5.91 Å². The zero-order chi connectivity index (χ0) is 26.7. The number of aliphatic carboxylic acids is 1. The number of carboxylic acids is 1. The van der Waals surface area contributed by atoms with E-state index >= 15 is 0 Å². The molecule has 0 aliphatic carbocycles. The molecule has 0 bridgehead atoms. The molecule has 5 rings (SSSR count). The summed E-state index contributed by atoms with van der Waals surface area (Å²) in [4.78, 5) is 26.4. The standard InChI is InChI=1S/C31H31NO5S/c1-20-15-21(2)17-25(16-20)37-24-9-7-22(8-10-29(33)34)26(19-24)30(35)32-31(11-13-36-14-12-31)28-18-23-5-3-4-6-27(23)38-28/h3-7,9,15-19H,8,10-14H2,1-2H3,(H,32,35)(H,33,34). The number of rotatable bonds is 8. The molecule has 1 saturated heterocycles. The fraction of sp³-hybridized carbons (Fsp3) is 0.290. The molecule has 38 heavy (non-hydrogen) atoms. The highest BCUT2D eigenvalue weighted by molar-refractivity contribution is 7.19. The highest BCUT2D eigenvalue weighted by Gasteiger charge is 2.38. The van der Waals surface area contributed by atoms with Gasteiger partial charge in [0.05, 0.1) is 5.54 Å². The van der Waals surface area contributed by atoms with E-state index in [0.29, 0.717) is 48.7 Å². The van der Waals surface area contributed by atoms with Gasteiger partial charge in [0.15, 0.2) is 0 Å². The normalized spacial score (nSPS) is 14.8. The van der Waals surface area contributed by atoms with Gasteiger partial charge in [-0.15, -0.1) is 11.3 Å². The molecule has 1 aromatic heterocycles. The maximum atomic E-state index is 13.9. The first-order chi connectivity index (χ1) is 18.3. The van der Waals surface area contributed by atoms with Crippen molar-refractivity contribution in [1.29, 1.82) is 0 Å². The lowest BCUT2D eigenvalue weighted by atomic mass is 9.87. The van der Waals surface area contributed by atoms with E-state index in [0.717, 1.165) is 21.4 Å². The predicted octanol–water partition coefficient (Wildman–Crippen LogP) is 6.76. The summed E-state index contributed by atoms with van der Waals surface area (Å²) >= 11 is 1.69. The largest absolute Gasteiger partial charge is 0.481 e. The lowest BCUT2D eigenvalue weighted by molar-refractivity contribution is -0.136. The Morgan fingerprint density at radius 3 is 2.42 bits per heavy atom. The molecule has 1 amide bonds. The average Bonchev–Trinajstić information content (AvgIpc) is 3.33. The van der Waals surface area contributed by atoms with Crippen LogP contribution in [0.4, 0.5) is 0 Å². The smallest absolute Gasteiger partial charge is 0.303 e. The molecule has 1 fully saturated rings. The topological polar surface area (TPSA) is 84.9 Å².